The molecule has 0 aromatic carbocycles. The normalized spacial score (nSPS) is 37.0. The van der Waals surface area contributed by atoms with Crippen LogP contribution < -0.4 is 0 Å². The van der Waals surface area contributed by atoms with Crippen LogP contribution in [0.25, 0.3) is 0 Å². The van der Waals surface area contributed by atoms with E-state index < -0.39 is 9.05 Å². The summed E-state index contributed by atoms with van der Waals surface area (Å²) < 4.78 is 22.7. The van der Waals surface area contributed by atoms with Gasteiger partial charge >= 0.3 is 9.05 Å². The molecule has 0 atom stereocenters. The van der Waals surface area contributed by atoms with Crippen LogP contribution in [0.5, 0.6) is 0 Å². The van der Waals surface area contributed by atoms with Crippen LogP contribution in [0.4, 0.5) is 0 Å². The highest BCUT2D eigenvalue weighted by Gasteiger charge is 2.47. The van der Waals surface area contributed by atoms with Crippen molar-refractivity contribution in [3.63, 3.8) is 0 Å². The van der Waals surface area contributed by atoms with E-state index in [-0.39, 0.29) is 0 Å². The zero-order chi connectivity index (χ0) is 10.6. The van der Waals surface area contributed by atoms with Crippen molar-refractivity contribution in [2.45, 2.75) is 13.3 Å². The highest BCUT2D eigenvalue weighted by molar-refractivity contribution is 6.53. The third-order valence-electron chi connectivity index (χ3n) is 2.54. The first-order chi connectivity index (χ1) is 7.35. The molecule has 0 aromatic rings. The van der Waals surface area contributed by atoms with Crippen LogP contribution in [0.1, 0.15) is 13.3 Å². The molecule has 0 amide bonds. The Labute approximate surface area is 91.7 Å². The van der Waals surface area contributed by atoms with Crippen LogP contribution in [0, 0.1) is 0 Å². The van der Waals surface area contributed by atoms with Crippen molar-refractivity contribution in [3.8, 4) is 0 Å². The smallest absolute Gasteiger partial charge is 0.351 e. The number of hydrogen-bond donors (Lipinski definition) is 0. The van der Waals surface area contributed by atoms with Crippen LogP contribution in [0.2, 0.25) is 0 Å². The molecule has 0 N–H and O–H groups in total. The Bertz CT molecular complexity index is 172. The monoisotopic (exact) mass is 233 g/mol. The number of nitrogens with zero attached hydrogens (tertiary/aromatic N) is 1. The maximum Gasteiger partial charge on any atom is 0.679 e. The van der Waals surface area contributed by atoms with E-state index in [4.69, 9.17) is 17.7 Å². The average Bonchev–Trinajstić information content (AvgIpc) is 2.14. The summed E-state index contributed by atoms with van der Waals surface area (Å²) in [5, 5.41) is 0. The molecule has 3 aliphatic heterocycles. The SMILES string of the molecule is CCCO[Si]12OCCN(CCO1)CCO2. The summed E-state index contributed by atoms with van der Waals surface area (Å²) in [6.07, 6.45) is 0.955. The lowest BCUT2D eigenvalue weighted by molar-refractivity contribution is -0.0743. The van der Waals surface area contributed by atoms with E-state index >= 15 is 0 Å². The Hall–Kier alpha value is 0.0169. The van der Waals surface area contributed by atoms with E-state index in [1.807, 2.05) is 0 Å². The quantitative estimate of drug-likeness (QED) is 0.653. The van der Waals surface area contributed by atoms with Crippen LogP contribution in [-0.4, -0.2) is 60.0 Å². The second-order valence-corrected chi connectivity index (χ2v) is 5.89. The summed E-state index contributed by atoms with van der Waals surface area (Å²) in [6, 6.07) is 0. The minimum Gasteiger partial charge on any atom is -0.351 e. The van der Waals surface area contributed by atoms with Gasteiger partial charge < -0.3 is 17.7 Å². The van der Waals surface area contributed by atoms with Gasteiger partial charge in [-0.1, -0.05) is 6.92 Å². The van der Waals surface area contributed by atoms with E-state index in [1.54, 1.807) is 0 Å². The molecule has 0 saturated carbocycles. The molecular formula is C9H19NO4Si. The van der Waals surface area contributed by atoms with Crippen molar-refractivity contribution in [2.24, 2.45) is 0 Å². The Morgan fingerprint density at radius 2 is 1.60 bits per heavy atom. The largest absolute Gasteiger partial charge is 0.679 e. The highest BCUT2D eigenvalue weighted by Crippen LogP contribution is 2.17. The van der Waals surface area contributed by atoms with Crippen molar-refractivity contribution in [2.75, 3.05) is 46.1 Å². The molecule has 0 unspecified atom stereocenters. The van der Waals surface area contributed by atoms with Gasteiger partial charge in [-0.2, -0.15) is 0 Å². The minimum atomic E-state index is -2.77. The fourth-order valence-corrected chi connectivity index (χ4v) is 3.69. The van der Waals surface area contributed by atoms with Gasteiger partial charge in [0.15, 0.2) is 0 Å². The first kappa shape index (κ1) is 11.5. The zero-order valence-electron chi connectivity index (χ0n) is 9.24. The fraction of sp³-hybridized carbons (Fsp3) is 1.00. The molecule has 0 aliphatic carbocycles. The molecule has 0 spiro atoms. The molecule has 0 radical (unpaired) electrons. The standard InChI is InChI=1S/C9H19NO4Si/c1-2-6-11-15-12-7-3-10(4-8-13-15)5-9-14-15/h2-9H2,1H3. The predicted octanol–water partition coefficient (Wildman–Crippen LogP) is 0.228. The van der Waals surface area contributed by atoms with Crippen LogP contribution in [0.15, 0.2) is 0 Å². The Morgan fingerprint density at radius 1 is 1.07 bits per heavy atom. The molecule has 3 aliphatic rings. The molecule has 3 saturated heterocycles. The lowest BCUT2D eigenvalue weighted by Crippen LogP contribution is -2.57. The Kier molecular flexibility index (Phi) is 4.12. The van der Waals surface area contributed by atoms with Gasteiger partial charge in [0, 0.05) is 26.2 Å². The summed E-state index contributed by atoms with van der Waals surface area (Å²) in [5.74, 6) is 0. The second-order valence-electron chi connectivity index (χ2n) is 3.74. The summed E-state index contributed by atoms with van der Waals surface area (Å²) >= 11 is 0. The maximum atomic E-state index is 5.67. The zero-order valence-corrected chi connectivity index (χ0v) is 10.2. The van der Waals surface area contributed by atoms with Crippen molar-refractivity contribution < 1.29 is 17.7 Å². The van der Waals surface area contributed by atoms with E-state index in [0.29, 0.717) is 26.4 Å². The van der Waals surface area contributed by atoms with Gasteiger partial charge in [-0.25, -0.2) is 0 Å². The third-order valence-corrected chi connectivity index (χ3v) is 4.77. The lowest BCUT2D eigenvalue weighted by atomic mass is 10.4. The van der Waals surface area contributed by atoms with Gasteiger partial charge in [-0.05, 0) is 6.42 Å². The van der Waals surface area contributed by atoms with E-state index in [0.717, 1.165) is 26.1 Å². The minimum absolute atomic E-state index is 0.649. The van der Waals surface area contributed by atoms with E-state index in [2.05, 4.69) is 11.8 Å². The summed E-state index contributed by atoms with van der Waals surface area (Å²) in [5.41, 5.74) is 0. The number of rotatable bonds is 3. The van der Waals surface area contributed by atoms with Crippen LogP contribution >= 0.6 is 0 Å². The molecule has 88 valence electrons. The number of hydrogen-bond acceptors (Lipinski definition) is 5. The Balaban J connectivity index is 1.98. The summed E-state index contributed by atoms with van der Waals surface area (Å²) in [6.45, 7) is 7.53. The molecule has 0 aromatic heterocycles. The van der Waals surface area contributed by atoms with Gasteiger partial charge in [0.25, 0.3) is 0 Å². The first-order valence-corrected chi connectivity index (χ1v) is 7.26. The van der Waals surface area contributed by atoms with Gasteiger partial charge in [0.1, 0.15) is 0 Å². The molecule has 3 rings (SSSR count). The highest BCUT2D eigenvalue weighted by atomic mass is 28.4. The van der Waals surface area contributed by atoms with Crippen LogP contribution in [-0.2, 0) is 17.7 Å². The van der Waals surface area contributed by atoms with Gasteiger partial charge in [0.05, 0.1) is 19.8 Å². The molecule has 15 heavy (non-hydrogen) atoms. The fourth-order valence-electron chi connectivity index (χ4n) is 1.71. The topological polar surface area (TPSA) is 40.2 Å². The van der Waals surface area contributed by atoms with E-state index in [1.165, 1.54) is 0 Å². The molecule has 5 nitrogen and oxygen atoms in total. The van der Waals surface area contributed by atoms with Gasteiger partial charge in [-0.3, -0.25) is 4.90 Å². The average molecular weight is 233 g/mol. The predicted molar refractivity (Wildman–Crippen MR) is 56.3 cm³/mol. The van der Waals surface area contributed by atoms with Crippen molar-refractivity contribution in [3.05, 3.63) is 0 Å². The van der Waals surface area contributed by atoms with Crippen molar-refractivity contribution in [1.29, 1.82) is 0 Å². The third kappa shape index (κ3) is 2.99. The molecular weight excluding hydrogens is 214 g/mol. The van der Waals surface area contributed by atoms with Crippen molar-refractivity contribution >= 4 is 9.05 Å². The molecule has 2 bridgehead atoms. The van der Waals surface area contributed by atoms with E-state index in [9.17, 15) is 0 Å². The summed E-state index contributed by atoms with van der Waals surface area (Å²) in [4.78, 5) is 2.29. The van der Waals surface area contributed by atoms with Gasteiger partial charge in [0.2, 0.25) is 0 Å². The first-order valence-electron chi connectivity index (χ1n) is 5.63. The summed E-state index contributed by atoms with van der Waals surface area (Å²) in [7, 11) is -2.77. The van der Waals surface area contributed by atoms with Crippen LogP contribution in [0.3, 0.4) is 0 Å². The second kappa shape index (κ2) is 5.38. The molecule has 3 heterocycles. The molecule has 3 fully saturated rings. The Morgan fingerprint density at radius 3 is 2.07 bits per heavy atom. The lowest BCUT2D eigenvalue weighted by Gasteiger charge is -2.36. The van der Waals surface area contributed by atoms with Crippen molar-refractivity contribution in [1.82, 2.24) is 4.90 Å². The maximum absolute atomic E-state index is 5.67. The molecule has 6 heteroatoms. The van der Waals surface area contributed by atoms with Gasteiger partial charge in [-0.15, -0.1) is 0 Å². The number of fused-ring (bicyclic) bond motifs is 6.